The van der Waals surface area contributed by atoms with Crippen molar-refractivity contribution in [2.75, 3.05) is 5.32 Å². The maximum atomic E-state index is 12.7. The number of anilines is 1. The molecule has 6 nitrogen and oxygen atoms in total. The number of amides is 1. The second kappa shape index (κ2) is 5.80. The standard InChI is InChI=1S/C19H14N4O2/c1-23-18-13-7-3-5-9-16(13)25-11-14(18)17(22-23)19(24)21-15-8-4-2-6-12(15)10-20/h2-9H,11H2,1H3,(H,21,24). The molecule has 1 aliphatic heterocycles. The van der Waals surface area contributed by atoms with Crippen molar-refractivity contribution in [3.8, 4) is 23.1 Å². The van der Waals surface area contributed by atoms with Gasteiger partial charge < -0.3 is 10.1 Å². The summed E-state index contributed by atoms with van der Waals surface area (Å²) in [6, 6.07) is 16.6. The molecule has 0 saturated heterocycles. The zero-order chi connectivity index (χ0) is 17.4. The van der Waals surface area contributed by atoms with Gasteiger partial charge in [0.25, 0.3) is 5.91 Å². The maximum absolute atomic E-state index is 12.7. The first-order chi connectivity index (χ1) is 12.2. The molecule has 3 aromatic rings. The molecule has 25 heavy (non-hydrogen) atoms. The predicted octanol–water partition coefficient (Wildman–Crippen LogP) is 3.10. The van der Waals surface area contributed by atoms with E-state index in [0.29, 0.717) is 16.9 Å². The van der Waals surface area contributed by atoms with Crippen molar-refractivity contribution >= 4 is 11.6 Å². The van der Waals surface area contributed by atoms with E-state index in [-0.39, 0.29) is 12.5 Å². The van der Waals surface area contributed by atoms with Gasteiger partial charge in [0, 0.05) is 18.2 Å². The van der Waals surface area contributed by atoms with Gasteiger partial charge in [-0.15, -0.1) is 0 Å². The Morgan fingerprint density at radius 3 is 2.84 bits per heavy atom. The molecule has 0 bridgehead atoms. The lowest BCUT2D eigenvalue weighted by molar-refractivity contribution is 0.101. The number of hydrogen-bond acceptors (Lipinski definition) is 4. The molecule has 1 aromatic heterocycles. The summed E-state index contributed by atoms with van der Waals surface area (Å²) >= 11 is 0. The van der Waals surface area contributed by atoms with E-state index in [1.54, 1.807) is 36.0 Å². The normalized spacial score (nSPS) is 11.7. The summed E-state index contributed by atoms with van der Waals surface area (Å²) in [4.78, 5) is 12.7. The van der Waals surface area contributed by atoms with Gasteiger partial charge >= 0.3 is 0 Å². The van der Waals surface area contributed by atoms with E-state index >= 15 is 0 Å². The number of fused-ring (bicyclic) bond motifs is 3. The number of carbonyl (C=O) groups excluding carboxylic acids is 1. The highest BCUT2D eigenvalue weighted by Gasteiger charge is 2.28. The SMILES string of the molecule is Cn1nc(C(=O)Nc2ccccc2C#N)c2c1-c1ccccc1OC2. The second-order valence-corrected chi connectivity index (χ2v) is 5.70. The van der Waals surface area contributed by atoms with Gasteiger partial charge in [0.1, 0.15) is 18.4 Å². The number of aromatic nitrogens is 2. The van der Waals surface area contributed by atoms with Crippen LogP contribution in [0, 0.1) is 11.3 Å². The summed E-state index contributed by atoms with van der Waals surface area (Å²) < 4.78 is 7.46. The Morgan fingerprint density at radius 1 is 1.24 bits per heavy atom. The zero-order valence-electron chi connectivity index (χ0n) is 13.5. The number of hydrogen-bond donors (Lipinski definition) is 1. The minimum atomic E-state index is -0.359. The molecular weight excluding hydrogens is 316 g/mol. The third-order valence-electron chi connectivity index (χ3n) is 4.17. The molecule has 0 fully saturated rings. The first kappa shape index (κ1) is 15.0. The number of benzene rings is 2. The molecule has 0 unspecified atom stereocenters. The van der Waals surface area contributed by atoms with Crippen molar-refractivity contribution in [3.05, 3.63) is 65.4 Å². The lowest BCUT2D eigenvalue weighted by Crippen LogP contribution is -2.17. The summed E-state index contributed by atoms with van der Waals surface area (Å²) in [5.74, 6) is 0.419. The van der Waals surface area contributed by atoms with Gasteiger partial charge in [-0.2, -0.15) is 10.4 Å². The molecule has 6 heteroatoms. The monoisotopic (exact) mass is 330 g/mol. The molecule has 2 heterocycles. The van der Waals surface area contributed by atoms with Crippen molar-refractivity contribution < 1.29 is 9.53 Å². The first-order valence-electron chi connectivity index (χ1n) is 7.77. The number of rotatable bonds is 2. The summed E-state index contributed by atoms with van der Waals surface area (Å²) in [5.41, 5.74) is 3.71. The van der Waals surface area contributed by atoms with Gasteiger partial charge in [-0.1, -0.05) is 24.3 Å². The molecule has 0 spiro atoms. The van der Waals surface area contributed by atoms with E-state index < -0.39 is 0 Å². The second-order valence-electron chi connectivity index (χ2n) is 5.70. The summed E-state index contributed by atoms with van der Waals surface area (Å²) in [6.07, 6.45) is 0. The van der Waals surface area contributed by atoms with Crippen LogP contribution in [0.3, 0.4) is 0 Å². The Bertz CT molecular complexity index is 1030. The van der Waals surface area contributed by atoms with Crippen LogP contribution in [0.2, 0.25) is 0 Å². The van der Waals surface area contributed by atoms with Crippen molar-refractivity contribution in [1.82, 2.24) is 9.78 Å². The van der Waals surface area contributed by atoms with Crippen molar-refractivity contribution in [1.29, 1.82) is 5.26 Å². The Morgan fingerprint density at radius 2 is 2.00 bits per heavy atom. The largest absolute Gasteiger partial charge is 0.488 e. The highest BCUT2D eigenvalue weighted by atomic mass is 16.5. The van der Waals surface area contributed by atoms with Crippen LogP contribution in [0.4, 0.5) is 5.69 Å². The fourth-order valence-corrected chi connectivity index (χ4v) is 3.03. The molecule has 0 atom stereocenters. The molecule has 0 radical (unpaired) electrons. The topological polar surface area (TPSA) is 79.9 Å². The Balaban J connectivity index is 1.74. The fraction of sp³-hybridized carbons (Fsp3) is 0.105. The Kier molecular flexibility index (Phi) is 3.47. The van der Waals surface area contributed by atoms with Crippen molar-refractivity contribution in [2.45, 2.75) is 6.61 Å². The highest BCUT2D eigenvalue weighted by Crippen LogP contribution is 2.38. The maximum Gasteiger partial charge on any atom is 0.276 e. The summed E-state index contributed by atoms with van der Waals surface area (Å²) in [5, 5.41) is 16.3. The third-order valence-corrected chi connectivity index (χ3v) is 4.17. The molecule has 0 saturated carbocycles. The third kappa shape index (κ3) is 2.42. The van der Waals surface area contributed by atoms with E-state index in [0.717, 1.165) is 22.6 Å². The van der Waals surface area contributed by atoms with Crippen LogP contribution in [0.1, 0.15) is 21.6 Å². The average molecular weight is 330 g/mol. The molecule has 1 aliphatic rings. The first-order valence-corrected chi connectivity index (χ1v) is 7.77. The van der Waals surface area contributed by atoms with Crippen LogP contribution < -0.4 is 10.1 Å². The number of nitrogens with zero attached hydrogens (tertiary/aromatic N) is 3. The van der Waals surface area contributed by atoms with Gasteiger partial charge in [-0.3, -0.25) is 9.48 Å². The van der Waals surface area contributed by atoms with E-state index in [1.165, 1.54) is 0 Å². The number of carbonyl (C=O) groups is 1. The lowest BCUT2D eigenvalue weighted by Gasteiger charge is -2.18. The smallest absolute Gasteiger partial charge is 0.276 e. The average Bonchev–Trinajstić information content (AvgIpc) is 2.99. The fourth-order valence-electron chi connectivity index (χ4n) is 3.03. The van der Waals surface area contributed by atoms with Crippen LogP contribution in [-0.4, -0.2) is 15.7 Å². The van der Waals surface area contributed by atoms with E-state index in [1.807, 2.05) is 24.3 Å². The van der Waals surface area contributed by atoms with Crippen LogP contribution in [0.15, 0.2) is 48.5 Å². The number of para-hydroxylation sites is 2. The van der Waals surface area contributed by atoms with E-state index in [9.17, 15) is 4.79 Å². The van der Waals surface area contributed by atoms with Gasteiger partial charge in [0.05, 0.1) is 16.9 Å². The minimum Gasteiger partial charge on any atom is -0.488 e. The number of ether oxygens (including phenoxy) is 1. The highest BCUT2D eigenvalue weighted by molar-refractivity contribution is 6.05. The van der Waals surface area contributed by atoms with E-state index in [4.69, 9.17) is 10.00 Å². The number of nitriles is 1. The lowest BCUT2D eigenvalue weighted by atomic mass is 10.0. The zero-order valence-corrected chi connectivity index (χ0v) is 13.5. The van der Waals surface area contributed by atoms with Gasteiger partial charge in [-0.25, -0.2) is 0 Å². The van der Waals surface area contributed by atoms with Crippen LogP contribution in [-0.2, 0) is 13.7 Å². The van der Waals surface area contributed by atoms with Crippen LogP contribution in [0.5, 0.6) is 5.75 Å². The molecule has 1 N–H and O–H groups in total. The molecule has 0 aliphatic carbocycles. The number of nitrogens with one attached hydrogen (secondary N) is 1. The molecular formula is C19H14N4O2. The molecule has 122 valence electrons. The number of aryl methyl sites for hydroxylation is 1. The van der Waals surface area contributed by atoms with Gasteiger partial charge in [0.15, 0.2) is 5.69 Å². The Labute approximate surface area is 144 Å². The Hall–Kier alpha value is -3.59. The van der Waals surface area contributed by atoms with Crippen LogP contribution in [0.25, 0.3) is 11.3 Å². The molecule has 1 amide bonds. The van der Waals surface area contributed by atoms with Gasteiger partial charge in [-0.05, 0) is 24.3 Å². The van der Waals surface area contributed by atoms with Crippen LogP contribution >= 0.6 is 0 Å². The summed E-state index contributed by atoms with van der Waals surface area (Å²) in [7, 11) is 1.81. The van der Waals surface area contributed by atoms with Crippen molar-refractivity contribution in [2.24, 2.45) is 7.05 Å². The van der Waals surface area contributed by atoms with E-state index in [2.05, 4.69) is 16.5 Å². The van der Waals surface area contributed by atoms with Crippen molar-refractivity contribution in [3.63, 3.8) is 0 Å². The van der Waals surface area contributed by atoms with Gasteiger partial charge in [0.2, 0.25) is 0 Å². The molecule has 2 aromatic carbocycles. The predicted molar refractivity (Wildman–Crippen MR) is 92.1 cm³/mol. The quantitative estimate of drug-likeness (QED) is 0.783. The summed E-state index contributed by atoms with van der Waals surface area (Å²) in [6.45, 7) is 0.281. The minimum absolute atomic E-state index is 0.281. The molecule has 4 rings (SSSR count).